The first-order valence-corrected chi connectivity index (χ1v) is 6.82. The van der Waals surface area contributed by atoms with Crippen molar-refractivity contribution in [3.05, 3.63) is 23.8 Å². The first-order chi connectivity index (χ1) is 9.19. The van der Waals surface area contributed by atoms with Gasteiger partial charge in [-0.3, -0.25) is 0 Å². The van der Waals surface area contributed by atoms with Crippen molar-refractivity contribution in [1.29, 1.82) is 0 Å². The van der Waals surface area contributed by atoms with E-state index in [2.05, 4.69) is 29.4 Å². The maximum atomic E-state index is 6.09. The molecule has 2 rings (SSSR count). The molecule has 0 saturated heterocycles. The molecule has 0 fully saturated rings. The highest BCUT2D eigenvalue weighted by atomic mass is 15.5. The summed E-state index contributed by atoms with van der Waals surface area (Å²) in [4.78, 5) is 0. The van der Waals surface area contributed by atoms with E-state index in [9.17, 15) is 0 Å². The van der Waals surface area contributed by atoms with Crippen LogP contribution in [0.3, 0.4) is 0 Å². The largest absolute Gasteiger partial charge is 0.398 e. The van der Waals surface area contributed by atoms with Crippen molar-refractivity contribution in [2.24, 2.45) is 0 Å². The molecule has 102 valence electrons. The molecule has 0 aliphatic rings. The number of tetrazole rings is 1. The predicted molar refractivity (Wildman–Crippen MR) is 76.6 cm³/mol. The molecule has 19 heavy (non-hydrogen) atoms. The topological polar surface area (TPSA) is 69.6 Å². The summed E-state index contributed by atoms with van der Waals surface area (Å²) in [6, 6.07) is 6.20. The van der Waals surface area contributed by atoms with Gasteiger partial charge in [-0.25, -0.2) is 4.68 Å². The molecule has 2 aromatic rings. The Kier molecular flexibility index (Phi) is 4.14. The summed E-state index contributed by atoms with van der Waals surface area (Å²) in [5.74, 6) is 0.774. The van der Waals surface area contributed by atoms with Crippen LogP contribution in [0.5, 0.6) is 0 Å². The molecular formula is C14H21N5. The van der Waals surface area contributed by atoms with E-state index in [1.807, 2.05) is 29.8 Å². The molecule has 1 aromatic heterocycles. The standard InChI is InChI=1S/C14H21N5/c1-4-7-11(5-2)19-14(16-17-18-19)13-10(3)8-6-9-12(13)15/h6,8-9,11H,4-5,7,15H2,1-3H3. The second-order valence-corrected chi connectivity index (χ2v) is 4.84. The number of hydrogen-bond acceptors (Lipinski definition) is 4. The van der Waals surface area contributed by atoms with Crippen LogP contribution in [0.1, 0.15) is 44.7 Å². The lowest BCUT2D eigenvalue weighted by molar-refractivity contribution is 0.404. The fraction of sp³-hybridized carbons (Fsp3) is 0.500. The molecule has 1 unspecified atom stereocenters. The molecule has 0 spiro atoms. The van der Waals surface area contributed by atoms with Crippen molar-refractivity contribution in [2.45, 2.75) is 46.1 Å². The lowest BCUT2D eigenvalue weighted by atomic mass is 10.0. The summed E-state index contributed by atoms with van der Waals surface area (Å²) < 4.78 is 1.92. The van der Waals surface area contributed by atoms with Gasteiger partial charge < -0.3 is 5.73 Å². The summed E-state index contributed by atoms with van der Waals surface area (Å²) in [7, 11) is 0. The Hall–Kier alpha value is -1.91. The molecule has 5 heteroatoms. The number of nitrogens with zero attached hydrogens (tertiary/aromatic N) is 4. The molecule has 0 bridgehead atoms. The number of nitrogens with two attached hydrogens (primary N) is 1. The average Bonchev–Trinajstić information content (AvgIpc) is 2.85. The number of aryl methyl sites for hydroxylation is 1. The highest BCUT2D eigenvalue weighted by Gasteiger charge is 2.19. The van der Waals surface area contributed by atoms with Crippen LogP contribution in [0, 0.1) is 6.92 Å². The minimum absolute atomic E-state index is 0.328. The van der Waals surface area contributed by atoms with Crippen molar-refractivity contribution < 1.29 is 0 Å². The van der Waals surface area contributed by atoms with E-state index in [1.54, 1.807) is 0 Å². The maximum Gasteiger partial charge on any atom is 0.184 e. The summed E-state index contributed by atoms with van der Waals surface area (Å²) in [6.07, 6.45) is 3.19. The molecule has 0 aliphatic heterocycles. The highest BCUT2D eigenvalue weighted by molar-refractivity contribution is 5.74. The van der Waals surface area contributed by atoms with E-state index in [-0.39, 0.29) is 0 Å². The van der Waals surface area contributed by atoms with Gasteiger partial charge >= 0.3 is 0 Å². The molecule has 0 saturated carbocycles. The SMILES string of the molecule is CCCC(CC)n1nnnc1-c1c(C)cccc1N. The monoisotopic (exact) mass is 259 g/mol. The first kappa shape index (κ1) is 13.5. The van der Waals surface area contributed by atoms with E-state index in [0.29, 0.717) is 6.04 Å². The Morgan fingerprint density at radius 2 is 2.11 bits per heavy atom. The Morgan fingerprint density at radius 1 is 1.32 bits per heavy atom. The fourth-order valence-electron chi connectivity index (χ4n) is 2.43. The Labute approximate surface area is 113 Å². The number of aromatic nitrogens is 4. The van der Waals surface area contributed by atoms with Gasteiger partial charge in [-0.05, 0) is 41.8 Å². The van der Waals surface area contributed by atoms with Crippen molar-refractivity contribution in [2.75, 3.05) is 5.73 Å². The quantitative estimate of drug-likeness (QED) is 0.838. The molecule has 1 heterocycles. The average molecular weight is 259 g/mol. The predicted octanol–water partition coefficient (Wildman–Crippen LogP) is 2.98. The second-order valence-electron chi connectivity index (χ2n) is 4.84. The van der Waals surface area contributed by atoms with Crippen LogP contribution in [0.4, 0.5) is 5.69 Å². The summed E-state index contributed by atoms with van der Waals surface area (Å²) in [5.41, 5.74) is 8.86. The van der Waals surface area contributed by atoms with Crippen LogP contribution in [-0.2, 0) is 0 Å². The number of nitrogen functional groups attached to an aromatic ring is 1. The van der Waals surface area contributed by atoms with E-state index in [4.69, 9.17) is 5.73 Å². The summed E-state index contributed by atoms with van der Waals surface area (Å²) in [5, 5.41) is 12.2. The summed E-state index contributed by atoms with van der Waals surface area (Å²) in [6.45, 7) is 6.37. The van der Waals surface area contributed by atoms with Crippen LogP contribution in [0.2, 0.25) is 0 Å². The molecule has 0 aliphatic carbocycles. The van der Waals surface area contributed by atoms with E-state index < -0.39 is 0 Å². The highest BCUT2D eigenvalue weighted by Crippen LogP contribution is 2.30. The minimum Gasteiger partial charge on any atom is -0.398 e. The molecule has 1 atom stereocenters. The van der Waals surface area contributed by atoms with Gasteiger partial charge in [-0.2, -0.15) is 0 Å². The second kappa shape index (κ2) is 5.82. The van der Waals surface area contributed by atoms with Crippen LogP contribution in [0.25, 0.3) is 11.4 Å². The molecule has 2 N–H and O–H groups in total. The van der Waals surface area contributed by atoms with Crippen LogP contribution < -0.4 is 5.73 Å². The van der Waals surface area contributed by atoms with Crippen LogP contribution in [-0.4, -0.2) is 20.2 Å². The summed E-state index contributed by atoms with van der Waals surface area (Å²) >= 11 is 0. The van der Waals surface area contributed by atoms with E-state index in [0.717, 1.165) is 41.9 Å². The van der Waals surface area contributed by atoms with Crippen molar-refractivity contribution in [1.82, 2.24) is 20.2 Å². The van der Waals surface area contributed by atoms with Crippen molar-refractivity contribution in [3.63, 3.8) is 0 Å². The Morgan fingerprint density at radius 3 is 2.74 bits per heavy atom. The molecule has 1 aromatic carbocycles. The zero-order chi connectivity index (χ0) is 13.8. The third kappa shape index (κ3) is 2.59. The van der Waals surface area contributed by atoms with Gasteiger partial charge in [-0.15, -0.1) is 5.10 Å². The van der Waals surface area contributed by atoms with Gasteiger partial charge in [0.25, 0.3) is 0 Å². The molecule has 5 nitrogen and oxygen atoms in total. The van der Waals surface area contributed by atoms with Gasteiger partial charge in [0, 0.05) is 11.3 Å². The third-order valence-electron chi connectivity index (χ3n) is 3.46. The molecular weight excluding hydrogens is 238 g/mol. The smallest absolute Gasteiger partial charge is 0.184 e. The lowest BCUT2D eigenvalue weighted by Gasteiger charge is -2.17. The van der Waals surface area contributed by atoms with Crippen molar-refractivity contribution >= 4 is 5.69 Å². The van der Waals surface area contributed by atoms with Gasteiger partial charge in [0.15, 0.2) is 5.82 Å². The number of hydrogen-bond donors (Lipinski definition) is 1. The zero-order valence-electron chi connectivity index (χ0n) is 11.8. The van der Waals surface area contributed by atoms with Gasteiger partial charge in [-0.1, -0.05) is 32.4 Å². The molecule has 0 radical (unpaired) electrons. The maximum absolute atomic E-state index is 6.09. The van der Waals surface area contributed by atoms with Crippen LogP contribution in [0.15, 0.2) is 18.2 Å². The zero-order valence-corrected chi connectivity index (χ0v) is 11.8. The van der Waals surface area contributed by atoms with E-state index in [1.165, 1.54) is 0 Å². The first-order valence-electron chi connectivity index (χ1n) is 6.82. The number of benzene rings is 1. The molecule has 0 amide bonds. The number of anilines is 1. The van der Waals surface area contributed by atoms with Crippen LogP contribution >= 0.6 is 0 Å². The Bertz CT molecular complexity index is 526. The van der Waals surface area contributed by atoms with E-state index >= 15 is 0 Å². The lowest BCUT2D eigenvalue weighted by Crippen LogP contribution is -2.12. The van der Waals surface area contributed by atoms with Gasteiger partial charge in [0.05, 0.1) is 6.04 Å². The number of rotatable bonds is 5. The third-order valence-corrected chi connectivity index (χ3v) is 3.46. The normalized spacial score (nSPS) is 12.6. The Balaban J connectivity index is 2.49. The minimum atomic E-state index is 0.328. The van der Waals surface area contributed by atoms with Crippen molar-refractivity contribution in [3.8, 4) is 11.4 Å². The van der Waals surface area contributed by atoms with Gasteiger partial charge in [0.1, 0.15) is 0 Å². The fourth-order valence-corrected chi connectivity index (χ4v) is 2.43. The van der Waals surface area contributed by atoms with Gasteiger partial charge in [0.2, 0.25) is 0 Å².